The van der Waals surface area contributed by atoms with Gasteiger partial charge in [-0.2, -0.15) is 14.7 Å². The molecule has 2 atom stereocenters. The van der Waals surface area contributed by atoms with Crippen molar-refractivity contribution in [3.63, 3.8) is 0 Å². The van der Waals surface area contributed by atoms with Crippen LogP contribution >= 0.6 is 39.9 Å². The Morgan fingerprint density at radius 3 is 2.90 bits per heavy atom. The highest BCUT2D eigenvalue weighted by Gasteiger charge is 2.30. The number of nitriles is 1. The first-order valence-corrected chi connectivity index (χ1v) is 14.2. The van der Waals surface area contributed by atoms with Crippen molar-refractivity contribution >= 4 is 56.0 Å². The highest BCUT2D eigenvalue weighted by molar-refractivity contribution is 14.2. The van der Waals surface area contributed by atoms with Crippen LogP contribution < -0.4 is 4.90 Å². The lowest BCUT2D eigenvalue weighted by Crippen LogP contribution is -2.44. The Kier molecular flexibility index (Phi) is 5.81. The van der Waals surface area contributed by atoms with Gasteiger partial charge in [-0.25, -0.2) is 9.44 Å². The second-order valence-electron chi connectivity index (χ2n) is 7.76. The molecule has 10 heteroatoms. The number of aryl methyl sites for hydroxylation is 1. The molecule has 3 aromatic rings. The van der Waals surface area contributed by atoms with Crippen molar-refractivity contribution in [1.82, 2.24) is 18.9 Å². The molecule has 1 aliphatic heterocycles. The van der Waals surface area contributed by atoms with Gasteiger partial charge in [-0.1, -0.05) is 0 Å². The summed E-state index contributed by atoms with van der Waals surface area (Å²) in [5, 5.41) is 14.4. The van der Waals surface area contributed by atoms with Crippen LogP contribution in [0.4, 0.5) is 5.82 Å². The number of nitrogens with zero attached hydrogens (tertiary/aromatic N) is 6. The third kappa shape index (κ3) is 3.76. The SMILES string of the molecule is Cc1cc(-c2nsc3c(C(C)(C)C#N)cc(N4CCOC[C@H]4C)nc23)n(PI)n1. The van der Waals surface area contributed by atoms with Crippen LogP contribution in [-0.2, 0) is 10.2 Å². The van der Waals surface area contributed by atoms with Gasteiger partial charge in [0.05, 0.1) is 53.2 Å². The van der Waals surface area contributed by atoms with E-state index in [0.717, 1.165) is 45.2 Å². The minimum Gasteiger partial charge on any atom is -0.377 e. The number of hydrogen-bond donors (Lipinski definition) is 0. The summed E-state index contributed by atoms with van der Waals surface area (Å²) in [7, 11) is 0. The van der Waals surface area contributed by atoms with Crippen LogP contribution in [0, 0.1) is 18.3 Å². The molecule has 29 heavy (non-hydrogen) atoms. The molecule has 4 heterocycles. The van der Waals surface area contributed by atoms with Crippen LogP contribution in [0.25, 0.3) is 21.6 Å². The predicted molar refractivity (Wildman–Crippen MR) is 127 cm³/mol. The molecule has 1 unspecified atom stereocenters. The van der Waals surface area contributed by atoms with E-state index in [9.17, 15) is 5.26 Å². The Balaban J connectivity index is 1.97. The van der Waals surface area contributed by atoms with Crippen LogP contribution in [0.15, 0.2) is 12.1 Å². The fraction of sp³-hybridized carbons (Fsp3) is 0.474. The number of ether oxygens (including phenoxy) is 1. The van der Waals surface area contributed by atoms with E-state index in [1.165, 1.54) is 11.5 Å². The maximum Gasteiger partial charge on any atom is 0.130 e. The third-order valence-corrected chi connectivity index (χ3v) is 7.92. The van der Waals surface area contributed by atoms with E-state index in [1.807, 2.05) is 25.2 Å². The smallest absolute Gasteiger partial charge is 0.130 e. The number of halogens is 1. The van der Waals surface area contributed by atoms with Crippen molar-refractivity contribution in [3.05, 3.63) is 23.4 Å². The first kappa shape index (κ1) is 20.9. The summed E-state index contributed by atoms with van der Waals surface area (Å²) in [6.07, 6.45) is 0.476. The molecular formula is C19H22IN6OPS. The molecule has 0 aliphatic carbocycles. The van der Waals surface area contributed by atoms with Crippen LogP contribution in [0.2, 0.25) is 0 Å². The van der Waals surface area contributed by atoms with Crippen molar-refractivity contribution in [2.45, 2.75) is 39.2 Å². The molecule has 0 spiro atoms. The van der Waals surface area contributed by atoms with E-state index in [4.69, 9.17) is 14.1 Å². The van der Waals surface area contributed by atoms with E-state index in [1.54, 1.807) is 0 Å². The third-order valence-electron chi connectivity index (χ3n) is 5.18. The molecule has 152 valence electrons. The number of pyridine rings is 1. The zero-order valence-corrected chi connectivity index (χ0v) is 20.7. The average Bonchev–Trinajstić information content (AvgIpc) is 3.30. The molecule has 1 aliphatic rings. The molecular weight excluding hydrogens is 518 g/mol. The second kappa shape index (κ2) is 8.06. The van der Waals surface area contributed by atoms with E-state index >= 15 is 0 Å². The van der Waals surface area contributed by atoms with Gasteiger partial charge in [0.1, 0.15) is 17.0 Å². The quantitative estimate of drug-likeness (QED) is 0.353. The first-order valence-electron chi connectivity index (χ1n) is 9.36. The van der Waals surface area contributed by atoms with Gasteiger partial charge in [-0.15, -0.1) is 0 Å². The van der Waals surface area contributed by atoms with Gasteiger partial charge in [0.2, 0.25) is 0 Å². The molecule has 0 bridgehead atoms. The summed E-state index contributed by atoms with van der Waals surface area (Å²) >= 11 is 3.74. The molecule has 0 radical (unpaired) electrons. The summed E-state index contributed by atoms with van der Waals surface area (Å²) in [5.41, 5.74) is 3.95. The Hall–Kier alpha value is -1.34. The zero-order valence-electron chi connectivity index (χ0n) is 16.7. The van der Waals surface area contributed by atoms with Gasteiger partial charge in [-0.3, -0.25) is 0 Å². The number of fused-ring (bicyclic) bond motifs is 1. The standard InChI is InChI=1S/C19H22IN6OPS/c1-11-7-14(26(23-11)28-20)16-17-18(29-24-16)13(19(3,4)10-21)8-15(22-17)25-5-6-27-9-12(25)2/h7-8,12,28H,5-6,9H2,1-4H3/t12-/m1/s1. The highest BCUT2D eigenvalue weighted by atomic mass is 127. The zero-order chi connectivity index (χ0) is 20.8. The lowest BCUT2D eigenvalue weighted by molar-refractivity contribution is 0.0985. The van der Waals surface area contributed by atoms with E-state index in [2.05, 4.69) is 57.2 Å². The molecule has 1 saturated heterocycles. The van der Waals surface area contributed by atoms with Crippen molar-refractivity contribution in [2.75, 3.05) is 24.7 Å². The van der Waals surface area contributed by atoms with Crippen molar-refractivity contribution < 1.29 is 4.74 Å². The van der Waals surface area contributed by atoms with Gasteiger partial charge in [0, 0.05) is 6.54 Å². The Morgan fingerprint density at radius 2 is 2.21 bits per heavy atom. The Bertz CT molecular complexity index is 1100. The largest absolute Gasteiger partial charge is 0.377 e. The van der Waals surface area contributed by atoms with Gasteiger partial charge in [0.25, 0.3) is 0 Å². The molecule has 0 saturated carbocycles. The number of aromatic nitrogens is 4. The fourth-order valence-electron chi connectivity index (χ4n) is 3.55. The maximum absolute atomic E-state index is 9.84. The first-order chi connectivity index (χ1) is 13.9. The number of rotatable bonds is 4. The lowest BCUT2D eigenvalue weighted by Gasteiger charge is -2.35. The van der Waals surface area contributed by atoms with Gasteiger partial charge in [0.15, 0.2) is 0 Å². The topological polar surface area (TPSA) is 79.9 Å². The number of hydrogen-bond acceptors (Lipinski definition) is 7. The van der Waals surface area contributed by atoms with Crippen molar-refractivity contribution in [2.24, 2.45) is 0 Å². The van der Waals surface area contributed by atoms with E-state index in [0.29, 0.717) is 19.6 Å². The lowest BCUT2D eigenvalue weighted by atomic mass is 9.86. The van der Waals surface area contributed by atoms with Crippen molar-refractivity contribution in [1.29, 1.82) is 5.26 Å². The van der Waals surface area contributed by atoms with Crippen LogP contribution in [0.1, 0.15) is 32.0 Å². The minimum absolute atomic E-state index is 0.227. The predicted octanol–water partition coefficient (Wildman–Crippen LogP) is 4.68. The fourth-order valence-corrected chi connectivity index (χ4v) is 6.11. The summed E-state index contributed by atoms with van der Waals surface area (Å²) in [6, 6.07) is 6.81. The minimum atomic E-state index is -0.642. The maximum atomic E-state index is 9.84. The average molecular weight is 540 g/mol. The molecule has 0 aromatic carbocycles. The normalized spacial score (nSPS) is 18.1. The molecule has 4 rings (SSSR count). The Morgan fingerprint density at radius 1 is 1.41 bits per heavy atom. The molecule has 0 amide bonds. The number of anilines is 1. The molecule has 0 N–H and O–H groups in total. The van der Waals surface area contributed by atoms with Gasteiger partial charge >= 0.3 is 0 Å². The summed E-state index contributed by atoms with van der Waals surface area (Å²) in [6.45, 7) is 10.2. The van der Waals surface area contributed by atoms with E-state index < -0.39 is 5.41 Å². The monoisotopic (exact) mass is 540 g/mol. The molecule has 7 nitrogen and oxygen atoms in total. The van der Waals surface area contributed by atoms with Gasteiger partial charge < -0.3 is 9.64 Å². The van der Waals surface area contributed by atoms with Crippen LogP contribution in [-0.4, -0.2) is 44.7 Å². The van der Waals surface area contributed by atoms with Crippen LogP contribution in [0.3, 0.4) is 0 Å². The summed E-state index contributed by atoms with van der Waals surface area (Å²) in [5.74, 6) is 0.882. The molecule has 1 fully saturated rings. The number of morpholine rings is 1. The second-order valence-corrected chi connectivity index (χ2v) is 10.6. The van der Waals surface area contributed by atoms with E-state index in [-0.39, 0.29) is 6.04 Å². The highest BCUT2D eigenvalue weighted by Crippen LogP contribution is 2.41. The summed E-state index contributed by atoms with van der Waals surface area (Å²) in [4.78, 5) is 7.31. The van der Waals surface area contributed by atoms with Crippen molar-refractivity contribution in [3.8, 4) is 17.5 Å². The summed E-state index contributed by atoms with van der Waals surface area (Å²) < 4.78 is 13.3. The van der Waals surface area contributed by atoms with Gasteiger partial charge in [-0.05, 0) is 79.0 Å². The van der Waals surface area contributed by atoms with Crippen LogP contribution in [0.5, 0.6) is 0 Å². The molecule has 3 aromatic heterocycles. The Labute approximate surface area is 188 Å².